The van der Waals surface area contributed by atoms with Crippen molar-refractivity contribution in [3.63, 3.8) is 0 Å². The van der Waals surface area contributed by atoms with Crippen LogP contribution < -0.4 is 0 Å². The van der Waals surface area contributed by atoms with Gasteiger partial charge < -0.3 is 0 Å². The second kappa shape index (κ2) is 5.15. The van der Waals surface area contributed by atoms with Crippen LogP contribution in [0.25, 0.3) is 0 Å². The zero-order valence-corrected chi connectivity index (χ0v) is 8.77. The van der Waals surface area contributed by atoms with Gasteiger partial charge >= 0.3 is 0 Å². The maximum absolute atomic E-state index is 5.03. The molecule has 64 valence electrons. The Morgan fingerprint density at radius 2 is 2.00 bits per heavy atom. The van der Waals surface area contributed by atoms with Gasteiger partial charge in [-0.25, -0.2) is 0 Å². The van der Waals surface area contributed by atoms with Crippen molar-refractivity contribution in [3.05, 3.63) is 0 Å². The molecule has 0 aromatic heterocycles. The predicted molar refractivity (Wildman–Crippen MR) is 57.3 cm³/mol. The maximum atomic E-state index is 5.03. The lowest BCUT2D eigenvalue weighted by Gasteiger charge is -2.20. The third-order valence-electron chi connectivity index (χ3n) is 2.25. The summed E-state index contributed by atoms with van der Waals surface area (Å²) in [7, 11) is 0. The number of thioether (sulfide) groups is 1. The molecule has 0 unspecified atom stereocenters. The highest BCUT2D eigenvalue weighted by Gasteiger charge is 2.12. The molecule has 11 heavy (non-hydrogen) atoms. The standard InChI is InChI=1S/C9H16S2/c1-8(10)11-7-9-5-3-2-4-6-9/h9H,2-7H2,1H3. The van der Waals surface area contributed by atoms with Crippen molar-refractivity contribution < 1.29 is 0 Å². The summed E-state index contributed by atoms with van der Waals surface area (Å²) in [5.74, 6) is 2.24. The quantitative estimate of drug-likeness (QED) is 0.607. The van der Waals surface area contributed by atoms with Gasteiger partial charge in [-0.05, 0) is 25.7 Å². The first-order valence-corrected chi connectivity index (χ1v) is 5.82. The molecule has 0 spiro atoms. The predicted octanol–water partition coefficient (Wildman–Crippen LogP) is 3.65. The Morgan fingerprint density at radius 1 is 1.36 bits per heavy atom. The highest BCUT2D eigenvalue weighted by molar-refractivity contribution is 8.23. The van der Waals surface area contributed by atoms with Crippen LogP contribution in [0.1, 0.15) is 39.0 Å². The van der Waals surface area contributed by atoms with Gasteiger partial charge in [0.2, 0.25) is 0 Å². The number of rotatable bonds is 2. The molecular weight excluding hydrogens is 172 g/mol. The summed E-state index contributed by atoms with van der Waals surface area (Å²) in [4.78, 5) is 0. The molecule has 0 atom stereocenters. The molecule has 0 N–H and O–H groups in total. The molecule has 0 nitrogen and oxygen atoms in total. The Hall–Kier alpha value is 0.440. The van der Waals surface area contributed by atoms with Gasteiger partial charge in [0.05, 0.1) is 0 Å². The van der Waals surface area contributed by atoms with Crippen LogP contribution in [0.15, 0.2) is 0 Å². The first-order chi connectivity index (χ1) is 5.29. The fraction of sp³-hybridized carbons (Fsp3) is 0.889. The normalized spacial score (nSPS) is 20.1. The van der Waals surface area contributed by atoms with E-state index in [1.165, 1.54) is 37.9 Å². The molecule has 0 heterocycles. The van der Waals surface area contributed by atoms with Crippen molar-refractivity contribution in [1.82, 2.24) is 0 Å². The van der Waals surface area contributed by atoms with E-state index in [0.717, 1.165) is 10.1 Å². The first-order valence-electron chi connectivity index (χ1n) is 4.42. The molecule has 0 aliphatic heterocycles. The van der Waals surface area contributed by atoms with Crippen molar-refractivity contribution in [2.75, 3.05) is 5.75 Å². The van der Waals surface area contributed by atoms with Crippen molar-refractivity contribution in [2.24, 2.45) is 5.92 Å². The third kappa shape index (κ3) is 4.12. The van der Waals surface area contributed by atoms with Crippen LogP contribution >= 0.6 is 24.0 Å². The number of thiocarbonyl (C=S) groups is 1. The van der Waals surface area contributed by atoms with Gasteiger partial charge in [0.25, 0.3) is 0 Å². The van der Waals surface area contributed by atoms with E-state index >= 15 is 0 Å². The fourth-order valence-electron chi connectivity index (χ4n) is 1.59. The Labute approximate surface area is 79.1 Å². The van der Waals surface area contributed by atoms with E-state index in [2.05, 4.69) is 0 Å². The van der Waals surface area contributed by atoms with Crippen molar-refractivity contribution in [3.8, 4) is 0 Å². The van der Waals surface area contributed by atoms with Gasteiger partial charge in [-0.2, -0.15) is 0 Å². The molecule has 0 saturated heterocycles. The molecule has 0 aromatic carbocycles. The van der Waals surface area contributed by atoms with Crippen LogP contribution in [-0.4, -0.2) is 9.95 Å². The minimum atomic E-state index is 0.964. The molecule has 0 amide bonds. The molecule has 1 saturated carbocycles. The van der Waals surface area contributed by atoms with Gasteiger partial charge in [-0.1, -0.05) is 31.5 Å². The first kappa shape index (κ1) is 9.53. The lowest BCUT2D eigenvalue weighted by atomic mass is 9.91. The van der Waals surface area contributed by atoms with Crippen molar-refractivity contribution >= 4 is 28.2 Å². The summed E-state index contributed by atoms with van der Waals surface area (Å²) < 4.78 is 1.11. The van der Waals surface area contributed by atoms with E-state index < -0.39 is 0 Å². The van der Waals surface area contributed by atoms with Gasteiger partial charge in [0.15, 0.2) is 0 Å². The van der Waals surface area contributed by atoms with E-state index in [4.69, 9.17) is 12.2 Å². The number of hydrogen-bond acceptors (Lipinski definition) is 2. The molecule has 1 fully saturated rings. The molecule has 0 aromatic rings. The fourth-order valence-corrected chi connectivity index (χ4v) is 2.60. The topological polar surface area (TPSA) is 0 Å². The summed E-state index contributed by atoms with van der Waals surface area (Å²) in [6, 6.07) is 0. The second-order valence-electron chi connectivity index (χ2n) is 3.31. The largest absolute Gasteiger partial charge is 0.119 e. The zero-order chi connectivity index (χ0) is 8.10. The Bertz CT molecular complexity index is 126. The second-order valence-corrected chi connectivity index (χ2v) is 5.41. The van der Waals surface area contributed by atoms with Crippen molar-refractivity contribution in [1.29, 1.82) is 0 Å². The van der Waals surface area contributed by atoms with Crippen LogP contribution in [0.5, 0.6) is 0 Å². The average Bonchev–Trinajstić information content (AvgIpc) is 2.03. The van der Waals surface area contributed by atoms with Crippen LogP contribution in [-0.2, 0) is 0 Å². The SMILES string of the molecule is CC(=S)SCC1CCCCC1. The van der Waals surface area contributed by atoms with E-state index in [1.807, 2.05) is 18.7 Å². The summed E-state index contributed by atoms with van der Waals surface area (Å²) in [5, 5.41) is 0. The average molecular weight is 188 g/mol. The van der Waals surface area contributed by atoms with Crippen LogP contribution in [0.4, 0.5) is 0 Å². The van der Waals surface area contributed by atoms with Crippen LogP contribution in [0.3, 0.4) is 0 Å². The Balaban J connectivity index is 2.09. The highest BCUT2D eigenvalue weighted by atomic mass is 32.2. The molecule has 0 bridgehead atoms. The van der Waals surface area contributed by atoms with E-state index in [9.17, 15) is 0 Å². The smallest absolute Gasteiger partial charge is 0.0447 e. The summed E-state index contributed by atoms with van der Waals surface area (Å²) in [6.07, 6.45) is 7.23. The maximum Gasteiger partial charge on any atom is 0.0447 e. The minimum Gasteiger partial charge on any atom is -0.119 e. The molecular formula is C9H16S2. The Kier molecular flexibility index (Phi) is 4.46. The van der Waals surface area contributed by atoms with E-state index in [0.29, 0.717) is 0 Å². The lowest BCUT2D eigenvalue weighted by Crippen LogP contribution is -2.09. The molecule has 1 aliphatic carbocycles. The minimum absolute atomic E-state index is 0.964. The monoisotopic (exact) mass is 188 g/mol. The van der Waals surface area contributed by atoms with Gasteiger partial charge in [-0.3, -0.25) is 0 Å². The van der Waals surface area contributed by atoms with Gasteiger partial charge in [0, 0.05) is 9.95 Å². The lowest BCUT2D eigenvalue weighted by molar-refractivity contribution is 0.391. The van der Waals surface area contributed by atoms with Gasteiger partial charge in [-0.15, -0.1) is 11.8 Å². The molecule has 2 heteroatoms. The molecule has 0 radical (unpaired) electrons. The highest BCUT2D eigenvalue weighted by Crippen LogP contribution is 2.26. The summed E-state index contributed by atoms with van der Waals surface area (Å²) in [6.45, 7) is 2.03. The summed E-state index contributed by atoms with van der Waals surface area (Å²) in [5.41, 5.74) is 0. The van der Waals surface area contributed by atoms with Crippen LogP contribution in [0, 0.1) is 5.92 Å². The van der Waals surface area contributed by atoms with Gasteiger partial charge in [0.1, 0.15) is 0 Å². The van der Waals surface area contributed by atoms with E-state index in [-0.39, 0.29) is 0 Å². The summed E-state index contributed by atoms with van der Waals surface area (Å²) >= 11 is 6.90. The molecule has 1 aliphatic rings. The molecule has 1 rings (SSSR count). The third-order valence-corrected chi connectivity index (χ3v) is 3.65. The number of hydrogen-bond donors (Lipinski definition) is 0. The van der Waals surface area contributed by atoms with E-state index in [1.54, 1.807) is 0 Å². The van der Waals surface area contributed by atoms with Crippen molar-refractivity contribution in [2.45, 2.75) is 39.0 Å². The van der Waals surface area contributed by atoms with Crippen LogP contribution in [0.2, 0.25) is 0 Å². The Morgan fingerprint density at radius 3 is 2.55 bits per heavy atom. The zero-order valence-electron chi connectivity index (χ0n) is 7.14.